The number of thiazole rings is 1. The predicted octanol–water partition coefficient (Wildman–Crippen LogP) is 3.27. The Morgan fingerprint density at radius 1 is 1.19 bits per heavy atom. The summed E-state index contributed by atoms with van der Waals surface area (Å²) in [5.74, 6) is -0.362. The van der Waals surface area contributed by atoms with E-state index in [2.05, 4.69) is 10.3 Å². The number of rotatable bonds is 4. The Bertz CT molecular complexity index is 1070. The Hall–Kier alpha value is -2.07. The van der Waals surface area contributed by atoms with E-state index in [1.807, 2.05) is 36.6 Å². The zero-order valence-electron chi connectivity index (χ0n) is 14.5. The van der Waals surface area contributed by atoms with Crippen molar-refractivity contribution in [3.8, 4) is 0 Å². The molecular weight excluding hydrogens is 402 g/mol. The van der Waals surface area contributed by atoms with Crippen LogP contribution in [0.4, 0.5) is 5.13 Å². The van der Waals surface area contributed by atoms with Gasteiger partial charge in [-0.05, 0) is 35.9 Å². The summed E-state index contributed by atoms with van der Waals surface area (Å²) < 4.78 is 27.9. The molecule has 0 saturated carbocycles. The molecule has 1 aromatic carbocycles. The molecule has 0 radical (unpaired) electrons. The summed E-state index contributed by atoms with van der Waals surface area (Å²) in [5, 5.41) is 6.81. The number of aryl methyl sites for hydroxylation is 1. The second-order valence-corrected chi connectivity index (χ2v) is 10.2. The maximum absolute atomic E-state index is 13.2. The number of aromatic nitrogens is 1. The highest BCUT2D eigenvalue weighted by Crippen LogP contribution is 2.31. The van der Waals surface area contributed by atoms with Crippen LogP contribution < -0.4 is 5.32 Å². The van der Waals surface area contributed by atoms with Crippen molar-refractivity contribution >= 4 is 43.7 Å². The van der Waals surface area contributed by atoms with Crippen LogP contribution in [-0.2, 0) is 27.8 Å². The van der Waals surface area contributed by atoms with E-state index in [-0.39, 0.29) is 16.7 Å². The van der Waals surface area contributed by atoms with Gasteiger partial charge < -0.3 is 5.32 Å². The van der Waals surface area contributed by atoms with E-state index < -0.39 is 16.1 Å². The lowest BCUT2D eigenvalue weighted by molar-refractivity contribution is -0.120. The number of hydrogen-bond donors (Lipinski definition) is 1. The number of thiophene rings is 1. The van der Waals surface area contributed by atoms with Gasteiger partial charge in [0.1, 0.15) is 10.3 Å². The van der Waals surface area contributed by atoms with Crippen molar-refractivity contribution in [2.45, 2.75) is 30.1 Å². The van der Waals surface area contributed by atoms with Crippen LogP contribution in [0, 0.1) is 6.92 Å². The molecule has 27 heavy (non-hydrogen) atoms. The van der Waals surface area contributed by atoms with Gasteiger partial charge in [0.25, 0.3) is 10.0 Å². The lowest BCUT2D eigenvalue weighted by atomic mass is 9.95. The molecular formula is C18H17N3O3S3. The van der Waals surface area contributed by atoms with Gasteiger partial charge in [0.2, 0.25) is 5.91 Å². The molecule has 0 saturated heterocycles. The molecule has 1 aliphatic rings. The maximum atomic E-state index is 13.2. The van der Waals surface area contributed by atoms with Gasteiger partial charge >= 0.3 is 0 Å². The van der Waals surface area contributed by atoms with Crippen LogP contribution in [0.1, 0.15) is 16.8 Å². The van der Waals surface area contributed by atoms with Crippen LogP contribution in [0.25, 0.3) is 0 Å². The van der Waals surface area contributed by atoms with Crippen molar-refractivity contribution in [1.82, 2.24) is 9.29 Å². The van der Waals surface area contributed by atoms with Crippen molar-refractivity contribution in [3.63, 3.8) is 0 Å². The molecule has 1 atom stereocenters. The Balaban J connectivity index is 1.70. The number of fused-ring (bicyclic) bond motifs is 1. The van der Waals surface area contributed by atoms with Gasteiger partial charge in [-0.15, -0.1) is 22.7 Å². The van der Waals surface area contributed by atoms with Gasteiger partial charge in [0.15, 0.2) is 5.13 Å². The zero-order valence-corrected chi connectivity index (χ0v) is 16.9. The minimum absolute atomic E-state index is 0.172. The minimum Gasteiger partial charge on any atom is -0.301 e. The molecule has 0 aliphatic carbocycles. The first kappa shape index (κ1) is 18.3. The Morgan fingerprint density at radius 3 is 2.63 bits per heavy atom. The Morgan fingerprint density at radius 2 is 1.96 bits per heavy atom. The second-order valence-electron chi connectivity index (χ2n) is 6.25. The molecule has 6 nitrogen and oxygen atoms in total. The van der Waals surface area contributed by atoms with Crippen molar-refractivity contribution in [2.75, 3.05) is 5.32 Å². The molecule has 0 bridgehead atoms. The zero-order chi connectivity index (χ0) is 19.0. The SMILES string of the molecule is Cc1csc(NC(=O)[C@H]2Cc3ccccc3CN2S(=O)(=O)c2cccs2)n1. The third-order valence-corrected chi connectivity index (χ3v) is 8.52. The number of carbonyl (C=O) groups excluding carboxylic acids is 1. The third-order valence-electron chi connectivity index (χ3n) is 4.42. The van der Waals surface area contributed by atoms with Gasteiger partial charge in [-0.3, -0.25) is 4.79 Å². The maximum Gasteiger partial charge on any atom is 0.253 e. The summed E-state index contributed by atoms with van der Waals surface area (Å²) in [6.07, 6.45) is 0.330. The van der Waals surface area contributed by atoms with E-state index >= 15 is 0 Å². The van der Waals surface area contributed by atoms with Crippen LogP contribution in [0.15, 0.2) is 51.4 Å². The first-order chi connectivity index (χ1) is 12.9. The van der Waals surface area contributed by atoms with E-state index in [4.69, 9.17) is 0 Å². The van der Waals surface area contributed by atoms with Gasteiger partial charge in [-0.1, -0.05) is 30.3 Å². The predicted molar refractivity (Wildman–Crippen MR) is 106 cm³/mol. The molecule has 3 heterocycles. The molecule has 3 aromatic rings. The minimum atomic E-state index is -3.77. The summed E-state index contributed by atoms with van der Waals surface area (Å²) in [6.45, 7) is 2.02. The highest BCUT2D eigenvalue weighted by molar-refractivity contribution is 7.91. The first-order valence-corrected chi connectivity index (χ1v) is 11.5. The highest BCUT2D eigenvalue weighted by atomic mass is 32.2. The van der Waals surface area contributed by atoms with E-state index in [0.29, 0.717) is 11.6 Å². The molecule has 0 fully saturated rings. The summed E-state index contributed by atoms with van der Waals surface area (Å²) in [4.78, 5) is 17.2. The fourth-order valence-corrected chi connectivity index (χ4v) is 6.48. The quantitative estimate of drug-likeness (QED) is 0.704. The number of benzene rings is 1. The van der Waals surface area contributed by atoms with Crippen molar-refractivity contribution in [1.29, 1.82) is 0 Å². The topological polar surface area (TPSA) is 79.4 Å². The van der Waals surface area contributed by atoms with Crippen LogP contribution in [0.5, 0.6) is 0 Å². The van der Waals surface area contributed by atoms with E-state index in [1.165, 1.54) is 15.6 Å². The fraction of sp³-hybridized carbons (Fsp3) is 0.222. The molecule has 0 spiro atoms. The largest absolute Gasteiger partial charge is 0.301 e. The van der Waals surface area contributed by atoms with E-state index in [1.54, 1.807) is 17.5 Å². The van der Waals surface area contributed by atoms with Crippen LogP contribution >= 0.6 is 22.7 Å². The van der Waals surface area contributed by atoms with Crippen molar-refractivity contribution < 1.29 is 13.2 Å². The smallest absolute Gasteiger partial charge is 0.253 e. The molecule has 4 rings (SSSR count). The third kappa shape index (κ3) is 3.55. The normalized spacial score (nSPS) is 17.4. The van der Waals surface area contributed by atoms with Gasteiger partial charge in [-0.2, -0.15) is 4.31 Å². The first-order valence-electron chi connectivity index (χ1n) is 8.30. The monoisotopic (exact) mass is 419 g/mol. The van der Waals surface area contributed by atoms with E-state index in [9.17, 15) is 13.2 Å². The molecule has 1 amide bonds. The highest BCUT2D eigenvalue weighted by Gasteiger charge is 2.40. The van der Waals surface area contributed by atoms with Crippen molar-refractivity contribution in [3.05, 3.63) is 64.0 Å². The molecule has 0 unspecified atom stereocenters. The lowest BCUT2D eigenvalue weighted by Crippen LogP contribution is -2.50. The fourth-order valence-electron chi connectivity index (χ4n) is 3.10. The molecule has 2 aromatic heterocycles. The van der Waals surface area contributed by atoms with Crippen LogP contribution in [0.2, 0.25) is 0 Å². The lowest BCUT2D eigenvalue weighted by Gasteiger charge is -2.34. The number of amides is 1. The molecule has 1 aliphatic heterocycles. The summed E-state index contributed by atoms with van der Waals surface area (Å²) in [7, 11) is -3.77. The number of anilines is 1. The average Bonchev–Trinajstić information content (AvgIpc) is 3.33. The molecule has 9 heteroatoms. The Kier molecular flexibility index (Phi) is 4.85. The molecule has 140 valence electrons. The van der Waals surface area contributed by atoms with E-state index in [0.717, 1.165) is 28.2 Å². The van der Waals surface area contributed by atoms with Gasteiger partial charge in [0, 0.05) is 11.9 Å². The Labute approximate surface area is 165 Å². The van der Waals surface area contributed by atoms with Crippen LogP contribution in [-0.4, -0.2) is 29.7 Å². The molecule has 1 N–H and O–H groups in total. The number of hydrogen-bond acceptors (Lipinski definition) is 6. The number of nitrogens with zero attached hydrogens (tertiary/aromatic N) is 2. The second kappa shape index (κ2) is 7.16. The van der Waals surface area contributed by atoms with Gasteiger partial charge in [-0.25, -0.2) is 13.4 Å². The number of sulfonamides is 1. The average molecular weight is 420 g/mol. The summed E-state index contributed by atoms with van der Waals surface area (Å²) >= 11 is 2.48. The van der Waals surface area contributed by atoms with Gasteiger partial charge in [0.05, 0.1) is 5.69 Å². The number of nitrogens with one attached hydrogen (secondary N) is 1. The van der Waals surface area contributed by atoms with Crippen molar-refractivity contribution in [2.24, 2.45) is 0 Å². The van der Waals surface area contributed by atoms with Crippen LogP contribution in [0.3, 0.4) is 0 Å². The summed E-state index contributed by atoms with van der Waals surface area (Å²) in [6, 6.07) is 10.1. The summed E-state index contributed by atoms with van der Waals surface area (Å²) in [5.41, 5.74) is 2.73. The number of carbonyl (C=O) groups is 1. The standard InChI is InChI=1S/C18H17N3O3S3/c1-12-11-26-18(19-12)20-17(22)15-9-13-5-2-3-6-14(13)10-21(15)27(23,24)16-7-4-8-25-16/h2-8,11,15H,9-10H2,1H3,(H,19,20,22)/t15-/m1/s1.